The summed E-state index contributed by atoms with van der Waals surface area (Å²) in [6.07, 6.45) is 5.78. The van der Waals surface area contributed by atoms with Crippen molar-refractivity contribution in [2.75, 3.05) is 7.11 Å². The maximum atomic E-state index is 12.5. The van der Waals surface area contributed by atoms with Gasteiger partial charge in [0.25, 0.3) is 0 Å². The number of hydrazine groups is 1. The Hall–Kier alpha value is -2.51. The highest BCUT2D eigenvalue weighted by Gasteiger charge is 2.30. The molecule has 1 fully saturated rings. The van der Waals surface area contributed by atoms with Crippen molar-refractivity contribution < 1.29 is 9.53 Å². The number of amides is 1. The van der Waals surface area contributed by atoms with E-state index in [1.807, 2.05) is 30.5 Å². The van der Waals surface area contributed by atoms with Crippen LogP contribution in [0.3, 0.4) is 0 Å². The molecule has 2 heterocycles. The number of benzene rings is 1. The van der Waals surface area contributed by atoms with Gasteiger partial charge in [0.15, 0.2) is 0 Å². The number of carbonyl (C=O) groups is 1. The van der Waals surface area contributed by atoms with E-state index in [2.05, 4.69) is 26.1 Å². The first-order chi connectivity index (χ1) is 12.7. The number of rotatable bonds is 5. The lowest BCUT2D eigenvalue weighted by atomic mass is 10.0. The second kappa shape index (κ2) is 7.39. The van der Waals surface area contributed by atoms with Gasteiger partial charge in [-0.1, -0.05) is 12.1 Å². The molecule has 0 bridgehead atoms. The largest absolute Gasteiger partial charge is 0.497 e. The predicted octanol–water partition coefficient (Wildman–Crippen LogP) is 1.20. The third kappa shape index (κ3) is 3.54. The molecule has 1 aliphatic carbocycles. The lowest BCUT2D eigenvalue weighted by Crippen LogP contribution is -2.43. The Morgan fingerprint density at radius 3 is 3.15 bits per heavy atom. The Balaban J connectivity index is 1.33. The first-order valence-electron chi connectivity index (χ1n) is 8.99. The van der Waals surface area contributed by atoms with Gasteiger partial charge < -0.3 is 10.1 Å². The second-order valence-corrected chi connectivity index (χ2v) is 6.74. The van der Waals surface area contributed by atoms with Gasteiger partial charge in [-0.3, -0.25) is 4.79 Å². The van der Waals surface area contributed by atoms with Crippen molar-refractivity contribution in [3.05, 3.63) is 53.1 Å². The van der Waals surface area contributed by atoms with Gasteiger partial charge in [0.05, 0.1) is 13.7 Å². The topological polar surface area (TPSA) is 88.2 Å². The Kier molecular flexibility index (Phi) is 4.81. The molecule has 136 valence electrons. The van der Waals surface area contributed by atoms with Gasteiger partial charge in [-0.05, 0) is 48.9 Å². The van der Waals surface area contributed by atoms with Gasteiger partial charge in [-0.25, -0.2) is 20.8 Å². The Morgan fingerprint density at radius 2 is 2.27 bits per heavy atom. The summed E-state index contributed by atoms with van der Waals surface area (Å²) < 4.78 is 5.27. The minimum Gasteiger partial charge on any atom is -0.497 e. The third-order valence-electron chi connectivity index (χ3n) is 5.00. The summed E-state index contributed by atoms with van der Waals surface area (Å²) in [6, 6.07) is 7.65. The number of carbonyl (C=O) groups excluding carboxylic acids is 1. The van der Waals surface area contributed by atoms with E-state index < -0.39 is 0 Å². The summed E-state index contributed by atoms with van der Waals surface area (Å²) in [5.74, 6) is 1.44. The van der Waals surface area contributed by atoms with Gasteiger partial charge in [-0.15, -0.1) is 0 Å². The van der Waals surface area contributed by atoms with Gasteiger partial charge in [-0.2, -0.15) is 0 Å². The molecule has 7 nitrogen and oxygen atoms in total. The van der Waals surface area contributed by atoms with Crippen LogP contribution in [0.1, 0.15) is 41.5 Å². The molecule has 1 aliphatic heterocycles. The van der Waals surface area contributed by atoms with Crippen LogP contribution in [0.2, 0.25) is 0 Å². The molecule has 0 saturated carbocycles. The van der Waals surface area contributed by atoms with Crippen molar-refractivity contribution in [3.8, 4) is 5.75 Å². The molecule has 3 N–H and O–H groups in total. The van der Waals surface area contributed by atoms with E-state index in [9.17, 15) is 4.79 Å². The van der Waals surface area contributed by atoms with E-state index in [1.54, 1.807) is 7.11 Å². The molecule has 1 amide bonds. The minimum atomic E-state index is -0.291. The molecular weight excluding hydrogens is 330 g/mol. The van der Waals surface area contributed by atoms with E-state index in [-0.39, 0.29) is 18.0 Å². The van der Waals surface area contributed by atoms with Gasteiger partial charge in [0.2, 0.25) is 5.91 Å². The number of fused-ring (bicyclic) bond motifs is 1. The lowest BCUT2D eigenvalue weighted by Gasteiger charge is -2.11. The first kappa shape index (κ1) is 16.9. The number of nitrogens with zero attached hydrogens (tertiary/aromatic N) is 2. The monoisotopic (exact) mass is 353 g/mol. The zero-order chi connectivity index (χ0) is 17.9. The molecule has 1 aromatic heterocycles. The summed E-state index contributed by atoms with van der Waals surface area (Å²) in [5, 5.41) is 2.94. The molecule has 1 aromatic carbocycles. The molecule has 2 atom stereocenters. The fraction of sp³-hybridized carbons (Fsp3) is 0.421. The maximum absolute atomic E-state index is 12.5. The summed E-state index contributed by atoms with van der Waals surface area (Å²) in [5.41, 5.74) is 9.72. The van der Waals surface area contributed by atoms with E-state index >= 15 is 0 Å². The van der Waals surface area contributed by atoms with Crippen LogP contribution in [0.5, 0.6) is 5.75 Å². The Labute approximate surface area is 152 Å². The van der Waals surface area contributed by atoms with Gasteiger partial charge in [0, 0.05) is 17.9 Å². The van der Waals surface area contributed by atoms with Crippen LogP contribution >= 0.6 is 0 Å². The maximum Gasteiger partial charge on any atom is 0.238 e. The SMILES string of the molecule is COc1cccc(C2CC(C(=O)NCc3ncc4c(n3)CCC4)NN2)c1. The van der Waals surface area contributed by atoms with Crippen molar-refractivity contribution in [1.29, 1.82) is 0 Å². The molecule has 0 radical (unpaired) electrons. The average molecular weight is 353 g/mol. The van der Waals surface area contributed by atoms with Crippen molar-refractivity contribution in [2.24, 2.45) is 0 Å². The summed E-state index contributed by atoms with van der Waals surface area (Å²) in [6.45, 7) is 0.355. The molecule has 2 unspecified atom stereocenters. The van der Waals surface area contributed by atoms with E-state index in [4.69, 9.17) is 4.74 Å². The fourth-order valence-corrected chi connectivity index (χ4v) is 3.53. The average Bonchev–Trinajstić information content (AvgIpc) is 3.35. The number of nitrogens with one attached hydrogen (secondary N) is 3. The number of hydrogen-bond donors (Lipinski definition) is 3. The van der Waals surface area contributed by atoms with E-state index in [1.165, 1.54) is 5.56 Å². The second-order valence-electron chi connectivity index (χ2n) is 6.74. The first-order valence-corrected chi connectivity index (χ1v) is 8.99. The van der Waals surface area contributed by atoms with Crippen LogP contribution in [0.15, 0.2) is 30.5 Å². The summed E-state index contributed by atoms with van der Waals surface area (Å²) in [4.78, 5) is 21.4. The number of aromatic nitrogens is 2. The molecule has 0 spiro atoms. The zero-order valence-corrected chi connectivity index (χ0v) is 14.8. The molecule has 26 heavy (non-hydrogen) atoms. The van der Waals surface area contributed by atoms with Crippen LogP contribution in [0.4, 0.5) is 0 Å². The van der Waals surface area contributed by atoms with Gasteiger partial charge >= 0.3 is 0 Å². The van der Waals surface area contributed by atoms with Gasteiger partial charge in [0.1, 0.15) is 17.6 Å². The number of methoxy groups -OCH3 is 1. The van der Waals surface area contributed by atoms with Crippen LogP contribution in [-0.4, -0.2) is 29.0 Å². The van der Waals surface area contributed by atoms with Crippen LogP contribution in [0.25, 0.3) is 0 Å². The van der Waals surface area contributed by atoms with Crippen LogP contribution in [-0.2, 0) is 24.2 Å². The molecule has 2 aliphatic rings. The summed E-state index contributed by atoms with van der Waals surface area (Å²) in [7, 11) is 1.65. The molecule has 2 aromatic rings. The Morgan fingerprint density at radius 1 is 1.35 bits per heavy atom. The standard InChI is InChI=1S/C19H23N5O2/c1-26-14-6-2-4-12(8-14)16-9-17(24-23-16)19(25)21-11-18-20-10-13-5-3-7-15(13)22-18/h2,4,6,8,10,16-17,23-24H,3,5,7,9,11H2,1H3,(H,21,25). The van der Waals surface area contributed by atoms with E-state index in [0.717, 1.165) is 36.3 Å². The summed E-state index contributed by atoms with van der Waals surface area (Å²) >= 11 is 0. The van der Waals surface area contributed by atoms with Crippen molar-refractivity contribution in [2.45, 2.75) is 44.3 Å². The quantitative estimate of drug-likeness (QED) is 0.749. The molecule has 4 rings (SSSR count). The van der Waals surface area contributed by atoms with E-state index in [0.29, 0.717) is 18.8 Å². The number of aryl methyl sites for hydroxylation is 2. The minimum absolute atomic E-state index is 0.0491. The molecule has 7 heteroatoms. The van der Waals surface area contributed by atoms with Crippen LogP contribution in [0, 0.1) is 0 Å². The highest BCUT2D eigenvalue weighted by Crippen LogP contribution is 2.25. The number of hydrogen-bond acceptors (Lipinski definition) is 6. The van der Waals surface area contributed by atoms with Crippen molar-refractivity contribution in [1.82, 2.24) is 26.1 Å². The van der Waals surface area contributed by atoms with Crippen molar-refractivity contribution in [3.63, 3.8) is 0 Å². The van der Waals surface area contributed by atoms with Crippen LogP contribution < -0.4 is 20.9 Å². The highest BCUT2D eigenvalue weighted by atomic mass is 16.5. The number of ether oxygens (including phenoxy) is 1. The molecular formula is C19H23N5O2. The normalized spacial score (nSPS) is 21.4. The zero-order valence-electron chi connectivity index (χ0n) is 14.8. The Bertz CT molecular complexity index is 810. The third-order valence-corrected chi connectivity index (χ3v) is 5.00. The highest BCUT2D eigenvalue weighted by molar-refractivity contribution is 5.82. The van der Waals surface area contributed by atoms with Crippen molar-refractivity contribution >= 4 is 5.91 Å². The molecule has 1 saturated heterocycles. The predicted molar refractivity (Wildman–Crippen MR) is 96.3 cm³/mol. The lowest BCUT2D eigenvalue weighted by molar-refractivity contribution is -0.123. The smallest absolute Gasteiger partial charge is 0.238 e. The fourth-order valence-electron chi connectivity index (χ4n) is 3.53.